The van der Waals surface area contributed by atoms with Crippen molar-refractivity contribution in [2.75, 3.05) is 6.61 Å². The SMILES string of the molecule is O=C(OC[C@@H]1O[C@H](n2cc(F)c(=O)[nH]c2=O)C(OC(=O)c2ccccc2)C1OC(=O)c1ccccc1)c1ccccc1. The van der Waals surface area contributed by atoms with Crippen molar-refractivity contribution in [1.29, 1.82) is 0 Å². The summed E-state index contributed by atoms with van der Waals surface area (Å²) in [6, 6.07) is 23.8. The van der Waals surface area contributed by atoms with Crippen LogP contribution in [0.15, 0.2) is 107 Å². The Hall–Kier alpha value is -5.36. The zero-order valence-corrected chi connectivity index (χ0v) is 21.8. The molecular formula is C30H23FN2O9. The van der Waals surface area contributed by atoms with E-state index in [9.17, 15) is 28.4 Å². The lowest BCUT2D eigenvalue weighted by molar-refractivity contribution is -0.0643. The van der Waals surface area contributed by atoms with Crippen LogP contribution in [0.4, 0.5) is 4.39 Å². The van der Waals surface area contributed by atoms with Gasteiger partial charge in [0.1, 0.15) is 12.7 Å². The smallest absolute Gasteiger partial charge is 0.338 e. The summed E-state index contributed by atoms with van der Waals surface area (Å²) >= 11 is 0. The van der Waals surface area contributed by atoms with Crippen molar-refractivity contribution in [3.8, 4) is 0 Å². The van der Waals surface area contributed by atoms with Crippen LogP contribution in [0, 0.1) is 5.82 Å². The number of hydrogen-bond donors (Lipinski definition) is 1. The first-order chi connectivity index (χ1) is 20.3. The van der Waals surface area contributed by atoms with Gasteiger partial charge in [0.15, 0.2) is 18.4 Å². The highest BCUT2D eigenvalue weighted by molar-refractivity contribution is 5.91. The Morgan fingerprint density at radius 1 is 0.738 bits per heavy atom. The van der Waals surface area contributed by atoms with Crippen LogP contribution in [0.5, 0.6) is 0 Å². The number of carbonyl (C=O) groups excluding carboxylic acids is 3. The largest absolute Gasteiger partial charge is 0.459 e. The van der Waals surface area contributed by atoms with E-state index in [4.69, 9.17) is 18.9 Å². The molecule has 0 aliphatic carbocycles. The third-order valence-corrected chi connectivity index (χ3v) is 6.38. The number of hydrogen-bond acceptors (Lipinski definition) is 9. The molecule has 1 N–H and O–H groups in total. The predicted octanol–water partition coefficient (Wildman–Crippen LogP) is 2.88. The maximum absolute atomic E-state index is 14.3. The molecule has 1 saturated heterocycles. The number of ether oxygens (including phenoxy) is 4. The summed E-state index contributed by atoms with van der Waals surface area (Å²) in [5.74, 6) is -3.73. The normalized spacial score (nSPS) is 19.5. The highest BCUT2D eigenvalue weighted by Gasteiger charge is 2.51. The van der Waals surface area contributed by atoms with Gasteiger partial charge >= 0.3 is 23.6 Å². The van der Waals surface area contributed by atoms with E-state index in [1.807, 2.05) is 4.98 Å². The van der Waals surface area contributed by atoms with Gasteiger partial charge < -0.3 is 18.9 Å². The number of nitrogens with one attached hydrogen (secondary N) is 1. The van der Waals surface area contributed by atoms with Crippen molar-refractivity contribution in [2.24, 2.45) is 0 Å². The fraction of sp³-hybridized carbons (Fsp3) is 0.167. The molecular weight excluding hydrogens is 551 g/mol. The molecule has 0 saturated carbocycles. The molecule has 5 rings (SSSR count). The number of esters is 3. The average molecular weight is 575 g/mol. The molecule has 11 nitrogen and oxygen atoms in total. The van der Waals surface area contributed by atoms with Crippen LogP contribution in [0.2, 0.25) is 0 Å². The van der Waals surface area contributed by atoms with E-state index in [0.717, 1.165) is 0 Å². The number of aromatic nitrogens is 2. The number of rotatable bonds is 8. The van der Waals surface area contributed by atoms with Gasteiger partial charge in [-0.2, -0.15) is 4.39 Å². The summed E-state index contributed by atoms with van der Waals surface area (Å²) in [7, 11) is 0. The van der Waals surface area contributed by atoms with Crippen molar-refractivity contribution in [3.05, 3.63) is 141 Å². The van der Waals surface area contributed by atoms with Crippen LogP contribution in [-0.4, -0.2) is 52.4 Å². The molecule has 4 atom stereocenters. The highest BCUT2D eigenvalue weighted by Crippen LogP contribution is 2.34. The minimum Gasteiger partial charge on any atom is -0.459 e. The Morgan fingerprint density at radius 3 is 1.74 bits per heavy atom. The molecule has 1 fully saturated rings. The first-order valence-corrected chi connectivity index (χ1v) is 12.7. The molecule has 0 radical (unpaired) electrons. The second-order valence-corrected chi connectivity index (χ2v) is 9.15. The molecule has 1 aliphatic heterocycles. The number of halogens is 1. The topological polar surface area (TPSA) is 143 Å². The van der Waals surface area contributed by atoms with Crippen molar-refractivity contribution in [2.45, 2.75) is 24.5 Å². The van der Waals surface area contributed by atoms with Crippen molar-refractivity contribution >= 4 is 17.9 Å². The van der Waals surface area contributed by atoms with Gasteiger partial charge in [0, 0.05) is 0 Å². The van der Waals surface area contributed by atoms with Crippen LogP contribution >= 0.6 is 0 Å². The Balaban J connectivity index is 1.52. The standard InChI is InChI=1S/C30H23FN2O9/c31-21-16-33(30(38)32-25(21)34)26-24(42-29(37)20-14-8-3-9-15-20)23(41-28(36)19-12-6-2-7-13-19)22(40-26)17-39-27(35)18-10-4-1-5-11-18/h1-16,22-24,26H,17H2,(H,32,34,38)/t22-,23?,24?,26-/m0/s1. The molecule has 0 bridgehead atoms. The predicted molar refractivity (Wildman–Crippen MR) is 143 cm³/mol. The molecule has 1 aliphatic rings. The fourth-order valence-corrected chi connectivity index (χ4v) is 4.33. The molecule has 12 heteroatoms. The number of carbonyl (C=O) groups is 3. The van der Waals surface area contributed by atoms with Gasteiger partial charge in [-0.25, -0.2) is 19.2 Å². The van der Waals surface area contributed by atoms with Crippen LogP contribution in [0.1, 0.15) is 37.3 Å². The Kier molecular flexibility index (Phi) is 8.34. The van der Waals surface area contributed by atoms with E-state index < -0.39 is 66.1 Å². The molecule has 4 aromatic rings. The lowest BCUT2D eigenvalue weighted by atomic mass is 10.1. The number of benzene rings is 3. The van der Waals surface area contributed by atoms with Crippen LogP contribution in [0.25, 0.3) is 0 Å². The monoisotopic (exact) mass is 574 g/mol. The zero-order valence-electron chi connectivity index (χ0n) is 21.8. The van der Waals surface area contributed by atoms with Gasteiger partial charge in [0.05, 0.1) is 22.9 Å². The van der Waals surface area contributed by atoms with Crippen molar-refractivity contribution in [3.63, 3.8) is 0 Å². The lowest BCUT2D eigenvalue weighted by Crippen LogP contribution is -2.43. The van der Waals surface area contributed by atoms with Gasteiger partial charge in [-0.15, -0.1) is 0 Å². The third-order valence-electron chi connectivity index (χ3n) is 6.38. The van der Waals surface area contributed by atoms with Gasteiger partial charge in [0.25, 0.3) is 5.56 Å². The number of nitrogens with zero attached hydrogens (tertiary/aromatic N) is 1. The Morgan fingerprint density at radius 2 is 1.21 bits per heavy atom. The lowest BCUT2D eigenvalue weighted by Gasteiger charge is -2.25. The highest BCUT2D eigenvalue weighted by atomic mass is 19.1. The molecule has 1 aromatic heterocycles. The fourth-order valence-electron chi connectivity index (χ4n) is 4.33. The minimum atomic E-state index is -1.59. The molecule has 3 aromatic carbocycles. The summed E-state index contributed by atoms with van der Waals surface area (Å²) in [4.78, 5) is 65.1. The summed E-state index contributed by atoms with van der Waals surface area (Å²) < 4.78 is 37.8. The van der Waals surface area contributed by atoms with E-state index in [1.165, 1.54) is 36.4 Å². The second-order valence-electron chi connectivity index (χ2n) is 9.15. The zero-order chi connectivity index (χ0) is 29.6. The van der Waals surface area contributed by atoms with E-state index in [0.29, 0.717) is 10.8 Å². The second kappa shape index (κ2) is 12.4. The van der Waals surface area contributed by atoms with Crippen LogP contribution in [-0.2, 0) is 18.9 Å². The third kappa shape index (κ3) is 6.18. The molecule has 0 spiro atoms. The number of H-pyrrole nitrogens is 1. The molecule has 214 valence electrons. The number of aromatic amines is 1. The van der Waals surface area contributed by atoms with Gasteiger partial charge in [0.2, 0.25) is 5.82 Å². The summed E-state index contributed by atoms with van der Waals surface area (Å²) in [6.45, 7) is -0.503. The van der Waals surface area contributed by atoms with Crippen LogP contribution in [0.3, 0.4) is 0 Å². The summed E-state index contributed by atoms with van der Waals surface area (Å²) in [6.07, 6.45) is -5.28. The first kappa shape index (κ1) is 28.2. The maximum atomic E-state index is 14.3. The van der Waals surface area contributed by atoms with E-state index >= 15 is 0 Å². The van der Waals surface area contributed by atoms with Gasteiger partial charge in [-0.3, -0.25) is 14.3 Å². The Bertz CT molecular complexity index is 1690. The van der Waals surface area contributed by atoms with Gasteiger partial charge in [-0.05, 0) is 36.4 Å². The minimum absolute atomic E-state index is 0.128. The molecule has 0 amide bonds. The maximum Gasteiger partial charge on any atom is 0.338 e. The first-order valence-electron chi connectivity index (χ1n) is 12.7. The quantitative estimate of drug-likeness (QED) is 0.248. The van der Waals surface area contributed by atoms with E-state index in [-0.39, 0.29) is 16.7 Å². The van der Waals surface area contributed by atoms with Crippen LogP contribution < -0.4 is 11.2 Å². The molecule has 2 heterocycles. The van der Waals surface area contributed by atoms with Crippen molar-refractivity contribution in [1.82, 2.24) is 9.55 Å². The average Bonchev–Trinajstić information content (AvgIpc) is 3.34. The summed E-state index contributed by atoms with van der Waals surface area (Å²) in [5, 5.41) is 0. The van der Waals surface area contributed by atoms with Gasteiger partial charge in [-0.1, -0.05) is 54.6 Å². The van der Waals surface area contributed by atoms with Crippen molar-refractivity contribution < 1.29 is 37.7 Å². The summed E-state index contributed by atoms with van der Waals surface area (Å²) in [5.41, 5.74) is -1.84. The van der Waals surface area contributed by atoms with E-state index in [1.54, 1.807) is 54.6 Å². The Labute approximate surface area is 237 Å². The molecule has 42 heavy (non-hydrogen) atoms. The molecule has 2 unspecified atom stereocenters. The van der Waals surface area contributed by atoms with E-state index in [2.05, 4.69) is 0 Å².